The summed E-state index contributed by atoms with van der Waals surface area (Å²) in [5.74, 6) is -1.10. The number of ether oxygens (including phenoxy) is 1. The van der Waals surface area contributed by atoms with Crippen LogP contribution in [0.2, 0.25) is 10.0 Å². The van der Waals surface area contributed by atoms with E-state index in [1.165, 1.54) is 30.3 Å². The molecule has 0 radical (unpaired) electrons. The third-order valence-corrected chi connectivity index (χ3v) is 4.68. The highest BCUT2D eigenvalue weighted by Gasteiger charge is 2.17. The predicted octanol–water partition coefficient (Wildman–Crippen LogP) is 5.67. The fourth-order valence-electron chi connectivity index (χ4n) is 2.84. The fraction of sp³-hybridized carbons (Fsp3) is 0.143. The minimum atomic E-state index is -0.712. The highest BCUT2D eigenvalue weighted by molar-refractivity contribution is 6.32. The van der Waals surface area contributed by atoms with E-state index in [-0.39, 0.29) is 45.1 Å². The second-order valence-corrected chi connectivity index (χ2v) is 7.28. The van der Waals surface area contributed by atoms with Gasteiger partial charge in [0.15, 0.2) is 11.6 Å². The molecule has 3 aromatic rings. The number of amides is 1. The second-order valence-electron chi connectivity index (χ2n) is 6.43. The first kappa shape index (κ1) is 20.7. The van der Waals surface area contributed by atoms with Crippen LogP contribution in [0.25, 0.3) is 0 Å². The summed E-state index contributed by atoms with van der Waals surface area (Å²) in [6.07, 6.45) is 0. The first-order chi connectivity index (χ1) is 13.8. The number of nitriles is 1. The fourth-order valence-corrected chi connectivity index (χ4v) is 3.25. The summed E-state index contributed by atoms with van der Waals surface area (Å²) >= 11 is 12.0. The van der Waals surface area contributed by atoms with Gasteiger partial charge in [-0.15, -0.1) is 0 Å². The molecule has 2 aromatic carbocycles. The molecule has 0 fully saturated rings. The molecular formula is C21H16Cl2FN3O2. The lowest BCUT2D eigenvalue weighted by atomic mass is 10.2. The number of halogens is 3. The number of nitrogens with one attached hydrogen (secondary N) is 2. The molecule has 8 heteroatoms. The van der Waals surface area contributed by atoms with Crippen LogP contribution in [0.15, 0.2) is 36.4 Å². The summed E-state index contributed by atoms with van der Waals surface area (Å²) in [5, 5.41) is 12.0. The molecule has 2 N–H and O–H groups in total. The number of H-pyrrole nitrogens is 1. The maximum Gasteiger partial charge on any atom is 0.268 e. The van der Waals surface area contributed by atoms with E-state index in [0.29, 0.717) is 5.69 Å². The summed E-state index contributed by atoms with van der Waals surface area (Å²) in [4.78, 5) is 15.3. The molecule has 29 heavy (non-hydrogen) atoms. The number of aromatic amines is 1. The van der Waals surface area contributed by atoms with E-state index in [0.717, 1.165) is 11.3 Å². The van der Waals surface area contributed by atoms with Crippen LogP contribution in [0.3, 0.4) is 0 Å². The van der Waals surface area contributed by atoms with Crippen LogP contribution >= 0.6 is 23.2 Å². The van der Waals surface area contributed by atoms with E-state index in [1.54, 1.807) is 0 Å². The van der Waals surface area contributed by atoms with Crippen LogP contribution < -0.4 is 10.1 Å². The quantitative estimate of drug-likeness (QED) is 0.545. The summed E-state index contributed by atoms with van der Waals surface area (Å²) in [7, 11) is 0. The Hall–Kier alpha value is -3.01. The molecule has 0 spiro atoms. The van der Waals surface area contributed by atoms with Crippen LogP contribution in [0.1, 0.15) is 32.9 Å². The number of carbonyl (C=O) groups excluding carboxylic acids is 1. The number of benzene rings is 2. The third-order valence-electron chi connectivity index (χ3n) is 4.17. The Kier molecular flexibility index (Phi) is 6.12. The molecule has 5 nitrogen and oxygen atoms in total. The number of rotatable bonds is 5. The number of hydrogen-bond acceptors (Lipinski definition) is 3. The predicted molar refractivity (Wildman–Crippen MR) is 109 cm³/mol. The number of carbonyl (C=O) groups is 1. The summed E-state index contributed by atoms with van der Waals surface area (Å²) < 4.78 is 20.5. The van der Waals surface area contributed by atoms with Crippen molar-refractivity contribution >= 4 is 29.1 Å². The van der Waals surface area contributed by atoms with Gasteiger partial charge in [-0.2, -0.15) is 5.26 Å². The Labute approximate surface area is 177 Å². The van der Waals surface area contributed by atoms with Crippen molar-refractivity contribution < 1.29 is 13.9 Å². The molecule has 3 rings (SSSR count). The van der Waals surface area contributed by atoms with Gasteiger partial charge < -0.3 is 15.0 Å². The topological polar surface area (TPSA) is 77.9 Å². The van der Waals surface area contributed by atoms with Gasteiger partial charge in [-0.05, 0) is 49.7 Å². The van der Waals surface area contributed by atoms with Crippen LogP contribution in [0.5, 0.6) is 11.5 Å². The molecule has 0 saturated carbocycles. The molecule has 0 saturated heterocycles. The molecule has 0 bridgehead atoms. The maximum absolute atomic E-state index is 15.0. The lowest BCUT2D eigenvalue weighted by Gasteiger charge is -2.13. The number of aromatic nitrogens is 1. The first-order valence-electron chi connectivity index (χ1n) is 8.58. The van der Waals surface area contributed by atoms with E-state index in [1.807, 2.05) is 26.0 Å². The summed E-state index contributed by atoms with van der Waals surface area (Å²) in [6.45, 7) is 3.60. The lowest BCUT2D eigenvalue weighted by molar-refractivity contribution is 0.0945. The normalized spacial score (nSPS) is 10.5. The molecule has 0 aliphatic heterocycles. The van der Waals surface area contributed by atoms with Crippen molar-refractivity contribution in [2.24, 2.45) is 0 Å². The zero-order valence-electron chi connectivity index (χ0n) is 15.6. The largest absolute Gasteiger partial charge is 0.453 e. The average Bonchev–Trinajstić information content (AvgIpc) is 3.02. The van der Waals surface area contributed by atoms with Gasteiger partial charge in [0.25, 0.3) is 5.91 Å². The second kappa shape index (κ2) is 8.56. The van der Waals surface area contributed by atoms with E-state index in [4.69, 9.17) is 33.2 Å². The van der Waals surface area contributed by atoms with Crippen molar-refractivity contribution in [1.29, 1.82) is 5.26 Å². The molecule has 0 atom stereocenters. The van der Waals surface area contributed by atoms with Gasteiger partial charge in [0.1, 0.15) is 11.4 Å². The van der Waals surface area contributed by atoms with Crippen LogP contribution in [0.4, 0.5) is 4.39 Å². The van der Waals surface area contributed by atoms with Crippen molar-refractivity contribution in [3.63, 3.8) is 0 Å². The summed E-state index contributed by atoms with van der Waals surface area (Å²) in [5.41, 5.74) is 2.55. The van der Waals surface area contributed by atoms with Gasteiger partial charge in [-0.25, -0.2) is 4.39 Å². The van der Waals surface area contributed by atoms with Crippen molar-refractivity contribution in [3.05, 3.63) is 80.3 Å². The molecule has 0 aliphatic rings. The van der Waals surface area contributed by atoms with Crippen LogP contribution in [-0.2, 0) is 6.54 Å². The molecule has 148 valence electrons. The Balaban J connectivity index is 1.82. The van der Waals surface area contributed by atoms with Crippen molar-refractivity contribution in [3.8, 4) is 17.6 Å². The van der Waals surface area contributed by atoms with E-state index in [9.17, 15) is 9.18 Å². The lowest BCUT2D eigenvalue weighted by Crippen LogP contribution is -2.24. The van der Waals surface area contributed by atoms with E-state index < -0.39 is 5.82 Å². The highest BCUT2D eigenvalue weighted by Crippen LogP contribution is 2.35. The van der Waals surface area contributed by atoms with Gasteiger partial charge in [0.2, 0.25) is 0 Å². The Bertz CT molecular complexity index is 1140. The van der Waals surface area contributed by atoms with Gasteiger partial charge >= 0.3 is 0 Å². The monoisotopic (exact) mass is 431 g/mol. The standard InChI is InChI=1S/C21H16Cl2FN3O2/c1-11-5-12(2)27-19(11)21(28)26-10-14-3-4-17(23)20(18(14)24)29-16-7-13(9-25)6-15(22)8-16/h3-8,27H,10H2,1-2H3,(H,26,28). The Morgan fingerprint density at radius 2 is 2.00 bits per heavy atom. The molecule has 1 aromatic heterocycles. The third kappa shape index (κ3) is 4.70. The molecule has 0 unspecified atom stereocenters. The van der Waals surface area contributed by atoms with Crippen LogP contribution in [0, 0.1) is 31.0 Å². The first-order valence-corrected chi connectivity index (χ1v) is 9.34. The van der Waals surface area contributed by atoms with Gasteiger partial charge in [-0.1, -0.05) is 29.3 Å². The van der Waals surface area contributed by atoms with Crippen molar-refractivity contribution in [2.45, 2.75) is 20.4 Å². The molecule has 0 aliphatic carbocycles. The minimum Gasteiger partial charge on any atom is -0.453 e. The zero-order valence-corrected chi connectivity index (χ0v) is 17.1. The molecule has 1 amide bonds. The SMILES string of the molecule is Cc1cc(C)c(C(=O)NCc2ccc(Cl)c(Oc3cc(Cl)cc(C#N)c3)c2F)[nH]1. The van der Waals surface area contributed by atoms with Crippen LogP contribution in [-0.4, -0.2) is 10.9 Å². The zero-order chi connectivity index (χ0) is 21.1. The van der Waals surface area contributed by atoms with E-state index in [2.05, 4.69) is 10.3 Å². The molecule has 1 heterocycles. The smallest absolute Gasteiger partial charge is 0.268 e. The highest BCUT2D eigenvalue weighted by atomic mass is 35.5. The number of aryl methyl sites for hydroxylation is 2. The maximum atomic E-state index is 15.0. The minimum absolute atomic E-state index is 0.0481. The Morgan fingerprint density at radius 3 is 2.66 bits per heavy atom. The van der Waals surface area contributed by atoms with Gasteiger partial charge in [0.05, 0.1) is 16.7 Å². The van der Waals surface area contributed by atoms with Crippen molar-refractivity contribution in [1.82, 2.24) is 10.3 Å². The molecular weight excluding hydrogens is 416 g/mol. The van der Waals surface area contributed by atoms with Gasteiger partial charge in [0, 0.05) is 22.8 Å². The van der Waals surface area contributed by atoms with Gasteiger partial charge in [-0.3, -0.25) is 4.79 Å². The van der Waals surface area contributed by atoms with E-state index >= 15 is 0 Å². The van der Waals surface area contributed by atoms with Crippen molar-refractivity contribution in [2.75, 3.05) is 0 Å². The summed E-state index contributed by atoms with van der Waals surface area (Å²) in [6, 6.07) is 11.1. The number of hydrogen-bond donors (Lipinski definition) is 2. The Morgan fingerprint density at radius 1 is 1.24 bits per heavy atom. The average molecular weight is 432 g/mol. The number of nitrogens with zero attached hydrogens (tertiary/aromatic N) is 1.